The molecule has 0 spiro atoms. The van der Waals surface area contributed by atoms with Crippen LogP contribution in [0.1, 0.15) is 24.0 Å². The summed E-state index contributed by atoms with van der Waals surface area (Å²) in [5.41, 5.74) is 3.73. The van der Waals surface area contributed by atoms with Gasteiger partial charge in [0.2, 0.25) is 5.91 Å². The van der Waals surface area contributed by atoms with E-state index in [0.717, 1.165) is 42.0 Å². The Balaban J connectivity index is 1.48. The van der Waals surface area contributed by atoms with E-state index in [1.807, 2.05) is 32.0 Å². The number of piperidine rings is 1. The van der Waals surface area contributed by atoms with E-state index in [2.05, 4.69) is 26.3 Å². The minimum Gasteiger partial charge on any atom is -0.356 e. The zero-order valence-electron chi connectivity index (χ0n) is 17.2. The molecule has 3 aromatic rings. The summed E-state index contributed by atoms with van der Waals surface area (Å²) in [5.74, 6) is 0.834. The molecule has 4 rings (SSSR count). The van der Waals surface area contributed by atoms with Crippen molar-refractivity contribution in [2.75, 3.05) is 23.3 Å². The minimum absolute atomic E-state index is 0.0316. The lowest BCUT2D eigenvalue weighted by Gasteiger charge is -2.33. The highest BCUT2D eigenvalue weighted by atomic mass is 19.1. The van der Waals surface area contributed by atoms with Crippen LogP contribution in [-0.4, -0.2) is 29.0 Å². The number of anilines is 2. The number of rotatable bonds is 4. The average molecular weight is 404 g/mol. The van der Waals surface area contributed by atoms with Gasteiger partial charge in [0.25, 0.3) is 0 Å². The first kappa shape index (κ1) is 20.0. The van der Waals surface area contributed by atoms with Gasteiger partial charge in [-0.25, -0.2) is 14.4 Å². The fourth-order valence-electron chi connectivity index (χ4n) is 3.98. The number of halogens is 1. The average Bonchev–Trinajstić information content (AvgIpc) is 2.73. The summed E-state index contributed by atoms with van der Waals surface area (Å²) < 4.78 is 13.6. The Bertz CT molecular complexity index is 1050. The number of nitrogens with zero attached hydrogens (tertiary/aromatic N) is 3. The third-order valence-corrected chi connectivity index (χ3v) is 5.33. The lowest BCUT2D eigenvalue weighted by molar-refractivity contribution is -0.120. The van der Waals surface area contributed by atoms with Crippen molar-refractivity contribution in [3.63, 3.8) is 0 Å². The fourth-order valence-corrected chi connectivity index (χ4v) is 3.98. The van der Waals surface area contributed by atoms with Crippen LogP contribution in [0.3, 0.4) is 0 Å². The largest absolute Gasteiger partial charge is 0.356 e. The van der Waals surface area contributed by atoms with Crippen molar-refractivity contribution in [1.29, 1.82) is 0 Å². The summed E-state index contributed by atoms with van der Waals surface area (Å²) in [5, 5.41) is 3.07. The third-order valence-electron chi connectivity index (χ3n) is 5.33. The van der Waals surface area contributed by atoms with Crippen molar-refractivity contribution in [2.24, 2.45) is 5.92 Å². The van der Waals surface area contributed by atoms with Crippen LogP contribution in [0.15, 0.2) is 54.7 Å². The molecule has 5 nitrogen and oxygen atoms in total. The molecule has 1 saturated heterocycles. The van der Waals surface area contributed by atoms with Crippen LogP contribution in [0.2, 0.25) is 0 Å². The summed E-state index contributed by atoms with van der Waals surface area (Å²) in [6, 6.07) is 14.2. The van der Waals surface area contributed by atoms with Crippen LogP contribution in [-0.2, 0) is 4.79 Å². The molecule has 1 aliphatic rings. The monoisotopic (exact) mass is 404 g/mol. The van der Waals surface area contributed by atoms with Gasteiger partial charge in [0.1, 0.15) is 11.6 Å². The SMILES string of the molecule is Cc1cc(C)cc(NC(=O)[C@@H]2CCCN(c3ccnc(-c4cccc(F)c4)n3)C2)c1. The molecule has 1 N–H and O–H groups in total. The molecule has 1 atom stereocenters. The van der Waals surface area contributed by atoms with Crippen molar-refractivity contribution in [3.05, 3.63) is 71.7 Å². The van der Waals surface area contributed by atoms with Gasteiger partial charge in [-0.15, -0.1) is 0 Å². The van der Waals surface area contributed by atoms with E-state index in [1.54, 1.807) is 18.3 Å². The maximum atomic E-state index is 13.6. The number of aromatic nitrogens is 2. The quantitative estimate of drug-likeness (QED) is 0.681. The van der Waals surface area contributed by atoms with E-state index in [9.17, 15) is 9.18 Å². The van der Waals surface area contributed by atoms with Crippen LogP contribution in [0, 0.1) is 25.6 Å². The first-order valence-electron chi connectivity index (χ1n) is 10.2. The Hall–Kier alpha value is -3.28. The van der Waals surface area contributed by atoms with Crippen molar-refractivity contribution in [3.8, 4) is 11.4 Å². The Kier molecular flexibility index (Phi) is 5.74. The Morgan fingerprint density at radius 2 is 1.93 bits per heavy atom. The number of aryl methyl sites for hydroxylation is 2. The predicted molar refractivity (Wildman–Crippen MR) is 117 cm³/mol. The molecule has 6 heteroatoms. The van der Waals surface area contributed by atoms with E-state index in [1.165, 1.54) is 12.1 Å². The van der Waals surface area contributed by atoms with Crippen LogP contribution in [0.25, 0.3) is 11.4 Å². The minimum atomic E-state index is -0.317. The van der Waals surface area contributed by atoms with Crippen molar-refractivity contribution >= 4 is 17.4 Å². The molecule has 0 saturated carbocycles. The van der Waals surface area contributed by atoms with E-state index >= 15 is 0 Å². The Morgan fingerprint density at radius 1 is 1.13 bits per heavy atom. The number of benzene rings is 2. The van der Waals surface area contributed by atoms with Gasteiger partial charge in [-0.1, -0.05) is 18.2 Å². The van der Waals surface area contributed by atoms with Crippen molar-refractivity contribution < 1.29 is 9.18 Å². The van der Waals surface area contributed by atoms with Gasteiger partial charge in [0.05, 0.1) is 5.92 Å². The normalized spacial score (nSPS) is 16.4. The van der Waals surface area contributed by atoms with Gasteiger partial charge in [0.15, 0.2) is 5.82 Å². The summed E-state index contributed by atoms with van der Waals surface area (Å²) in [4.78, 5) is 23.9. The first-order chi connectivity index (χ1) is 14.5. The topological polar surface area (TPSA) is 58.1 Å². The molecule has 0 bridgehead atoms. The van der Waals surface area contributed by atoms with Crippen molar-refractivity contribution in [2.45, 2.75) is 26.7 Å². The highest BCUT2D eigenvalue weighted by molar-refractivity contribution is 5.93. The summed E-state index contributed by atoms with van der Waals surface area (Å²) in [7, 11) is 0. The highest BCUT2D eigenvalue weighted by Gasteiger charge is 2.27. The number of amides is 1. The number of hydrogen-bond acceptors (Lipinski definition) is 4. The van der Waals surface area contributed by atoms with Gasteiger partial charge in [-0.05, 0) is 68.1 Å². The molecule has 1 aromatic heterocycles. The molecule has 2 aromatic carbocycles. The molecular formula is C24H25FN4O. The standard InChI is InChI=1S/C24H25FN4O/c1-16-11-17(2)13-21(12-16)27-24(30)19-6-4-10-29(15-19)22-8-9-26-23(28-22)18-5-3-7-20(25)14-18/h3,5,7-9,11-14,19H,4,6,10,15H2,1-2H3,(H,27,30)/t19-/m1/s1. The molecule has 1 fully saturated rings. The lowest BCUT2D eigenvalue weighted by Crippen LogP contribution is -2.41. The van der Waals surface area contributed by atoms with Crippen LogP contribution in [0.5, 0.6) is 0 Å². The number of nitrogens with one attached hydrogen (secondary N) is 1. The van der Waals surface area contributed by atoms with E-state index in [-0.39, 0.29) is 17.6 Å². The molecule has 1 aliphatic heterocycles. The Labute approximate surface area is 176 Å². The zero-order valence-corrected chi connectivity index (χ0v) is 17.2. The summed E-state index contributed by atoms with van der Waals surface area (Å²) in [6.45, 7) is 5.47. The molecule has 0 radical (unpaired) electrons. The van der Waals surface area contributed by atoms with Crippen LogP contribution >= 0.6 is 0 Å². The molecule has 0 aliphatic carbocycles. The van der Waals surface area contributed by atoms with E-state index in [4.69, 9.17) is 0 Å². The molecule has 30 heavy (non-hydrogen) atoms. The van der Waals surface area contributed by atoms with Gasteiger partial charge in [-0.3, -0.25) is 4.79 Å². The molecule has 154 valence electrons. The number of carbonyl (C=O) groups excluding carboxylic acids is 1. The zero-order chi connectivity index (χ0) is 21.1. The van der Waals surface area contributed by atoms with E-state index in [0.29, 0.717) is 17.9 Å². The lowest BCUT2D eigenvalue weighted by atomic mass is 9.97. The first-order valence-corrected chi connectivity index (χ1v) is 10.2. The second-order valence-corrected chi connectivity index (χ2v) is 7.90. The van der Waals surface area contributed by atoms with Gasteiger partial charge in [-0.2, -0.15) is 0 Å². The summed E-state index contributed by atoms with van der Waals surface area (Å²) >= 11 is 0. The van der Waals surface area contributed by atoms with Crippen LogP contribution in [0.4, 0.5) is 15.9 Å². The fraction of sp³-hybridized carbons (Fsp3) is 0.292. The Morgan fingerprint density at radius 3 is 2.70 bits per heavy atom. The van der Waals surface area contributed by atoms with Crippen molar-refractivity contribution in [1.82, 2.24) is 9.97 Å². The molecular weight excluding hydrogens is 379 g/mol. The summed E-state index contributed by atoms with van der Waals surface area (Å²) in [6.07, 6.45) is 3.43. The van der Waals surface area contributed by atoms with Gasteiger partial charge < -0.3 is 10.2 Å². The smallest absolute Gasteiger partial charge is 0.229 e. The van der Waals surface area contributed by atoms with Gasteiger partial charge >= 0.3 is 0 Å². The predicted octanol–water partition coefficient (Wildman–Crippen LogP) is 4.75. The van der Waals surface area contributed by atoms with Crippen LogP contribution < -0.4 is 10.2 Å². The maximum Gasteiger partial charge on any atom is 0.229 e. The maximum absolute atomic E-state index is 13.6. The molecule has 1 amide bonds. The van der Waals surface area contributed by atoms with E-state index < -0.39 is 0 Å². The third kappa shape index (κ3) is 4.64. The second-order valence-electron chi connectivity index (χ2n) is 7.90. The number of carbonyl (C=O) groups is 1. The highest BCUT2D eigenvalue weighted by Crippen LogP contribution is 2.25. The molecule has 2 heterocycles. The molecule has 0 unspecified atom stereocenters. The van der Waals surface area contributed by atoms with Gasteiger partial charge in [0, 0.05) is 30.5 Å². The number of hydrogen-bond donors (Lipinski definition) is 1. The second kappa shape index (κ2) is 8.61.